The third-order valence-electron chi connectivity index (χ3n) is 5.44. The Morgan fingerprint density at radius 1 is 1.24 bits per heavy atom. The summed E-state index contributed by atoms with van der Waals surface area (Å²) >= 11 is 0. The number of carbonyl (C=O) groups is 1. The minimum Gasteiger partial charge on any atom is -0.490 e. The Kier molecular flexibility index (Phi) is 4.15. The molecule has 2 aliphatic rings. The summed E-state index contributed by atoms with van der Waals surface area (Å²) in [6.07, 6.45) is 7.87. The Labute approximate surface area is 146 Å². The van der Waals surface area contributed by atoms with Crippen LogP contribution in [0.25, 0.3) is 0 Å². The van der Waals surface area contributed by atoms with E-state index in [1.165, 1.54) is 6.07 Å². The van der Waals surface area contributed by atoms with Crippen molar-refractivity contribution in [2.45, 2.75) is 43.6 Å². The van der Waals surface area contributed by atoms with E-state index in [0.29, 0.717) is 13.0 Å². The lowest BCUT2D eigenvalue weighted by Crippen LogP contribution is -2.45. The van der Waals surface area contributed by atoms with Gasteiger partial charge in [-0.2, -0.15) is 0 Å². The summed E-state index contributed by atoms with van der Waals surface area (Å²) in [6.45, 7) is 0.402. The maximum Gasteiger partial charge on any atom is 0.231 e. The predicted octanol–water partition coefficient (Wildman–Crippen LogP) is 3.67. The van der Waals surface area contributed by atoms with Crippen molar-refractivity contribution >= 4 is 5.91 Å². The smallest absolute Gasteiger partial charge is 0.231 e. The van der Waals surface area contributed by atoms with E-state index >= 15 is 0 Å². The van der Waals surface area contributed by atoms with Gasteiger partial charge in [-0.3, -0.25) is 9.78 Å². The van der Waals surface area contributed by atoms with Crippen LogP contribution in [-0.2, 0) is 10.2 Å². The fraction of sp³-hybridized carbons (Fsp3) is 0.400. The molecule has 0 bridgehead atoms. The van der Waals surface area contributed by atoms with Crippen molar-refractivity contribution in [3.8, 4) is 5.75 Å². The largest absolute Gasteiger partial charge is 0.490 e. The molecule has 1 aliphatic heterocycles. The zero-order valence-corrected chi connectivity index (χ0v) is 14.0. The molecule has 1 atom stereocenters. The second-order valence-electron chi connectivity index (χ2n) is 6.85. The van der Waals surface area contributed by atoms with Crippen LogP contribution in [0.3, 0.4) is 0 Å². The highest BCUT2D eigenvalue weighted by atomic mass is 19.1. The first kappa shape index (κ1) is 16.1. The van der Waals surface area contributed by atoms with Crippen molar-refractivity contribution in [3.63, 3.8) is 0 Å². The van der Waals surface area contributed by atoms with Crippen molar-refractivity contribution in [1.82, 2.24) is 10.3 Å². The van der Waals surface area contributed by atoms with Crippen molar-refractivity contribution in [3.05, 3.63) is 59.7 Å². The van der Waals surface area contributed by atoms with Crippen LogP contribution in [0, 0.1) is 5.82 Å². The fourth-order valence-corrected chi connectivity index (χ4v) is 4.10. The van der Waals surface area contributed by atoms with Gasteiger partial charge >= 0.3 is 0 Å². The summed E-state index contributed by atoms with van der Waals surface area (Å²) in [5.74, 6) is -0.0969. The van der Waals surface area contributed by atoms with Gasteiger partial charge in [-0.1, -0.05) is 31.0 Å². The van der Waals surface area contributed by atoms with Gasteiger partial charge in [0.2, 0.25) is 5.91 Å². The van der Waals surface area contributed by atoms with Crippen molar-refractivity contribution in [2.24, 2.45) is 0 Å². The van der Waals surface area contributed by atoms with Crippen LogP contribution in [-0.4, -0.2) is 17.5 Å². The standard InChI is InChI=1S/C20H21FN2O2/c21-16-7-3-6-15-17(8-12-25-18(15)16)23-19(24)20(9-1-2-10-20)14-5-4-11-22-13-14/h3-7,11,13,17H,1-2,8-10,12H2,(H,23,24)/t17-/m1/s1. The number of hydrogen-bond donors (Lipinski definition) is 1. The number of nitrogens with one attached hydrogen (secondary N) is 1. The molecule has 1 aliphatic carbocycles. The van der Waals surface area contributed by atoms with E-state index in [2.05, 4.69) is 10.3 Å². The molecule has 2 aromatic rings. The number of hydrogen-bond acceptors (Lipinski definition) is 3. The van der Waals surface area contributed by atoms with Crippen molar-refractivity contribution in [2.75, 3.05) is 6.61 Å². The molecule has 4 nitrogen and oxygen atoms in total. The minimum atomic E-state index is -0.528. The van der Waals surface area contributed by atoms with Gasteiger partial charge in [-0.15, -0.1) is 0 Å². The molecule has 0 saturated heterocycles. The number of rotatable bonds is 3. The molecule has 0 radical (unpaired) electrons. The lowest BCUT2D eigenvalue weighted by atomic mass is 9.78. The first-order chi connectivity index (χ1) is 12.2. The lowest BCUT2D eigenvalue weighted by molar-refractivity contribution is -0.127. The van der Waals surface area contributed by atoms with E-state index in [1.807, 2.05) is 18.2 Å². The van der Waals surface area contributed by atoms with E-state index in [-0.39, 0.29) is 23.5 Å². The number of halogens is 1. The summed E-state index contributed by atoms with van der Waals surface area (Å²) in [7, 11) is 0. The monoisotopic (exact) mass is 340 g/mol. The third kappa shape index (κ3) is 2.77. The summed E-state index contributed by atoms with van der Waals surface area (Å²) in [5, 5.41) is 3.17. The molecule has 2 heterocycles. The predicted molar refractivity (Wildman–Crippen MR) is 91.8 cm³/mol. The Hall–Kier alpha value is -2.43. The highest BCUT2D eigenvalue weighted by Crippen LogP contribution is 2.42. The average Bonchev–Trinajstić information content (AvgIpc) is 3.15. The first-order valence-electron chi connectivity index (χ1n) is 8.83. The normalized spacial score (nSPS) is 21.2. The number of fused-ring (bicyclic) bond motifs is 1. The van der Waals surface area contributed by atoms with E-state index in [0.717, 1.165) is 36.8 Å². The number of carbonyl (C=O) groups excluding carboxylic acids is 1. The van der Waals surface area contributed by atoms with E-state index in [4.69, 9.17) is 4.74 Å². The first-order valence-corrected chi connectivity index (χ1v) is 8.83. The molecule has 0 spiro atoms. The molecular weight excluding hydrogens is 319 g/mol. The number of aromatic nitrogens is 1. The number of benzene rings is 1. The third-order valence-corrected chi connectivity index (χ3v) is 5.44. The molecule has 1 amide bonds. The van der Waals surface area contributed by atoms with E-state index in [1.54, 1.807) is 18.5 Å². The van der Waals surface area contributed by atoms with Gasteiger partial charge in [0.15, 0.2) is 11.6 Å². The maximum atomic E-state index is 14.0. The van der Waals surface area contributed by atoms with Crippen LogP contribution in [0.1, 0.15) is 49.3 Å². The van der Waals surface area contributed by atoms with Gasteiger partial charge in [0.05, 0.1) is 18.1 Å². The Bertz CT molecular complexity index is 773. The van der Waals surface area contributed by atoms with E-state index < -0.39 is 5.41 Å². The molecule has 4 rings (SSSR count). The SMILES string of the molecule is O=C(N[C@@H]1CCOc2c(F)cccc21)C1(c2cccnc2)CCCC1. The molecule has 1 N–H and O–H groups in total. The van der Waals surface area contributed by atoms with Gasteiger partial charge in [0, 0.05) is 24.4 Å². The summed E-state index contributed by atoms with van der Waals surface area (Å²) < 4.78 is 19.4. The fourth-order valence-electron chi connectivity index (χ4n) is 4.10. The number of pyridine rings is 1. The summed E-state index contributed by atoms with van der Waals surface area (Å²) in [5.41, 5.74) is 1.16. The summed E-state index contributed by atoms with van der Waals surface area (Å²) in [4.78, 5) is 17.5. The topological polar surface area (TPSA) is 51.2 Å². The second-order valence-corrected chi connectivity index (χ2v) is 6.85. The van der Waals surface area contributed by atoms with Crippen molar-refractivity contribution in [1.29, 1.82) is 0 Å². The van der Waals surface area contributed by atoms with Crippen LogP contribution in [0.4, 0.5) is 4.39 Å². The molecule has 0 unspecified atom stereocenters. The average molecular weight is 340 g/mol. The quantitative estimate of drug-likeness (QED) is 0.927. The van der Waals surface area contributed by atoms with Crippen LogP contribution in [0.5, 0.6) is 5.75 Å². The number of ether oxygens (including phenoxy) is 1. The molecule has 1 fully saturated rings. The summed E-state index contributed by atoms with van der Waals surface area (Å²) in [6, 6.07) is 8.51. The maximum absolute atomic E-state index is 14.0. The van der Waals surface area contributed by atoms with Crippen LogP contribution >= 0.6 is 0 Å². The van der Waals surface area contributed by atoms with Gasteiger partial charge in [0.1, 0.15) is 0 Å². The zero-order valence-electron chi connectivity index (χ0n) is 14.0. The molecule has 5 heteroatoms. The van der Waals surface area contributed by atoms with Gasteiger partial charge in [-0.05, 0) is 30.5 Å². The highest BCUT2D eigenvalue weighted by Gasteiger charge is 2.44. The number of amides is 1. The molecule has 1 aromatic carbocycles. The highest BCUT2D eigenvalue weighted by molar-refractivity contribution is 5.89. The molecule has 130 valence electrons. The van der Waals surface area contributed by atoms with Gasteiger partial charge in [-0.25, -0.2) is 4.39 Å². The van der Waals surface area contributed by atoms with Crippen molar-refractivity contribution < 1.29 is 13.9 Å². The number of para-hydroxylation sites is 1. The Morgan fingerprint density at radius 3 is 2.84 bits per heavy atom. The van der Waals surface area contributed by atoms with Crippen LogP contribution in [0.2, 0.25) is 0 Å². The second kappa shape index (κ2) is 6.47. The molecule has 1 aromatic heterocycles. The molecular formula is C20H21FN2O2. The zero-order chi connectivity index (χ0) is 17.3. The van der Waals surface area contributed by atoms with Crippen LogP contribution < -0.4 is 10.1 Å². The van der Waals surface area contributed by atoms with Gasteiger partial charge < -0.3 is 10.1 Å². The molecule has 1 saturated carbocycles. The number of nitrogens with zero attached hydrogens (tertiary/aromatic N) is 1. The van der Waals surface area contributed by atoms with Gasteiger partial charge in [0.25, 0.3) is 0 Å². The molecule has 25 heavy (non-hydrogen) atoms. The Balaban J connectivity index is 1.63. The van der Waals surface area contributed by atoms with E-state index in [9.17, 15) is 9.18 Å². The van der Waals surface area contributed by atoms with Crippen LogP contribution in [0.15, 0.2) is 42.7 Å². The Morgan fingerprint density at radius 2 is 2.08 bits per heavy atom. The lowest BCUT2D eigenvalue weighted by Gasteiger charge is -2.33. The minimum absolute atomic E-state index is 0.0140.